The molecular weight excluding hydrogens is 176 g/mol. The number of nitrogens with one attached hydrogen (secondary N) is 1. The SMILES string of the molecule is CCCCCCCNS(N)(=O)=O. The Balaban J connectivity index is 3.12. The van der Waals surface area contributed by atoms with E-state index in [1.807, 2.05) is 0 Å². The van der Waals surface area contributed by atoms with Crippen molar-refractivity contribution < 1.29 is 8.42 Å². The van der Waals surface area contributed by atoms with E-state index < -0.39 is 10.2 Å². The van der Waals surface area contributed by atoms with Gasteiger partial charge in [-0.25, -0.2) is 9.86 Å². The predicted molar refractivity (Wildman–Crippen MR) is 49.9 cm³/mol. The summed E-state index contributed by atoms with van der Waals surface area (Å²) in [5.41, 5.74) is 0. The van der Waals surface area contributed by atoms with E-state index in [0.29, 0.717) is 6.54 Å². The van der Waals surface area contributed by atoms with E-state index in [-0.39, 0.29) is 0 Å². The largest absolute Gasteiger partial charge is 0.274 e. The van der Waals surface area contributed by atoms with Crippen LogP contribution in [0, 0.1) is 0 Å². The zero-order valence-corrected chi connectivity index (χ0v) is 8.36. The van der Waals surface area contributed by atoms with Crippen LogP contribution in [0.5, 0.6) is 0 Å². The number of hydrogen-bond donors (Lipinski definition) is 2. The Labute approximate surface area is 74.7 Å². The summed E-state index contributed by atoms with van der Waals surface area (Å²) in [6, 6.07) is 0. The average molecular weight is 194 g/mol. The molecule has 12 heavy (non-hydrogen) atoms. The zero-order chi connectivity index (χ0) is 9.45. The fourth-order valence-electron chi connectivity index (χ4n) is 0.943. The van der Waals surface area contributed by atoms with Gasteiger partial charge in [0.1, 0.15) is 0 Å². The minimum absolute atomic E-state index is 0.461. The molecule has 5 heteroatoms. The van der Waals surface area contributed by atoms with Gasteiger partial charge in [0.2, 0.25) is 0 Å². The van der Waals surface area contributed by atoms with Crippen LogP contribution in [-0.4, -0.2) is 15.0 Å². The van der Waals surface area contributed by atoms with Crippen molar-refractivity contribution in [3.05, 3.63) is 0 Å². The van der Waals surface area contributed by atoms with Crippen molar-refractivity contribution in [3.63, 3.8) is 0 Å². The third-order valence-corrected chi connectivity index (χ3v) is 2.19. The maximum absolute atomic E-state index is 10.4. The second-order valence-corrected chi connectivity index (χ2v) is 4.23. The highest BCUT2D eigenvalue weighted by Gasteiger charge is 1.98. The molecule has 3 N–H and O–H groups in total. The van der Waals surface area contributed by atoms with Gasteiger partial charge in [0.25, 0.3) is 10.2 Å². The van der Waals surface area contributed by atoms with E-state index in [1.54, 1.807) is 0 Å². The maximum atomic E-state index is 10.4. The van der Waals surface area contributed by atoms with Crippen molar-refractivity contribution in [2.45, 2.75) is 39.0 Å². The summed E-state index contributed by atoms with van der Waals surface area (Å²) in [5, 5.41) is 4.74. The number of unbranched alkanes of at least 4 members (excludes halogenated alkanes) is 4. The lowest BCUT2D eigenvalue weighted by Gasteiger charge is -2.00. The Morgan fingerprint density at radius 2 is 1.75 bits per heavy atom. The first kappa shape index (κ1) is 11.9. The van der Waals surface area contributed by atoms with Crippen LogP contribution < -0.4 is 9.86 Å². The van der Waals surface area contributed by atoms with Gasteiger partial charge in [0.05, 0.1) is 0 Å². The minimum Gasteiger partial charge on any atom is -0.216 e. The molecule has 0 rings (SSSR count). The Hall–Kier alpha value is -0.130. The lowest BCUT2D eigenvalue weighted by atomic mass is 10.2. The van der Waals surface area contributed by atoms with Gasteiger partial charge in [-0.1, -0.05) is 32.6 Å². The summed E-state index contributed by atoms with van der Waals surface area (Å²) in [7, 11) is -3.47. The molecule has 0 aromatic rings. The smallest absolute Gasteiger partial charge is 0.216 e. The normalized spacial score (nSPS) is 11.8. The van der Waals surface area contributed by atoms with Gasteiger partial charge in [0.15, 0.2) is 0 Å². The molecule has 0 spiro atoms. The van der Waals surface area contributed by atoms with Gasteiger partial charge in [0, 0.05) is 6.54 Å². The van der Waals surface area contributed by atoms with Gasteiger partial charge in [-0.05, 0) is 6.42 Å². The molecule has 0 unspecified atom stereocenters. The summed E-state index contributed by atoms with van der Waals surface area (Å²) in [6.45, 7) is 2.60. The third kappa shape index (κ3) is 9.87. The standard InChI is InChI=1S/C7H18N2O2S/c1-2-3-4-5-6-7-9-12(8,10)11/h9H,2-7H2,1H3,(H2,8,10,11). The molecule has 0 heterocycles. The molecule has 0 bridgehead atoms. The topological polar surface area (TPSA) is 72.2 Å². The van der Waals surface area contributed by atoms with E-state index in [4.69, 9.17) is 5.14 Å². The van der Waals surface area contributed by atoms with Crippen LogP contribution in [0.15, 0.2) is 0 Å². The van der Waals surface area contributed by atoms with E-state index in [0.717, 1.165) is 12.8 Å². The highest BCUT2D eigenvalue weighted by Crippen LogP contribution is 2.00. The van der Waals surface area contributed by atoms with Gasteiger partial charge in [-0.3, -0.25) is 0 Å². The highest BCUT2D eigenvalue weighted by molar-refractivity contribution is 7.87. The summed E-state index contributed by atoms with van der Waals surface area (Å²) >= 11 is 0. The van der Waals surface area contributed by atoms with Gasteiger partial charge >= 0.3 is 0 Å². The van der Waals surface area contributed by atoms with Crippen LogP contribution in [0.3, 0.4) is 0 Å². The van der Waals surface area contributed by atoms with E-state index in [1.165, 1.54) is 19.3 Å². The molecule has 0 saturated heterocycles. The van der Waals surface area contributed by atoms with Crippen LogP contribution in [0.4, 0.5) is 0 Å². The van der Waals surface area contributed by atoms with Crippen LogP contribution in [0.1, 0.15) is 39.0 Å². The number of hydrogen-bond acceptors (Lipinski definition) is 2. The van der Waals surface area contributed by atoms with Gasteiger partial charge in [-0.2, -0.15) is 8.42 Å². The Kier molecular flexibility index (Phi) is 6.32. The van der Waals surface area contributed by atoms with Crippen molar-refractivity contribution in [1.29, 1.82) is 0 Å². The molecule has 0 aliphatic rings. The maximum Gasteiger partial charge on any atom is 0.274 e. The van der Waals surface area contributed by atoms with Crippen molar-refractivity contribution in [2.75, 3.05) is 6.54 Å². The third-order valence-electron chi connectivity index (χ3n) is 1.58. The molecule has 0 aromatic heterocycles. The molecular formula is C7H18N2O2S. The van der Waals surface area contributed by atoms with Crippen LogP contribution in [0.25, 0.3) is 0 Å². The average Bonchev–Trinajstić information content (AvgIpc) is 1.94. The summed E-state index contributed by atoms with van der Waals surface area (Å²) < 4.78 is 23.0. The first-order valence-corrected chi connectivity index (χ1v) is 5.88. The van der Waals surface area contributed by atoms with Crippen molar-refractivity contribution in [2.24, 2.45) is 5.14 Å². The Bertz CT molecular complexity index is 190. The highest BCUT2D eigenvalue weighted by atomic mass is 32.2. The van der Waals surface area contributed by atoms with E-state index in [9.17, 15) is 8.42 Å². The quantitative estimate of drug-likeness (QED) is 0.587. The van der Waals surface area contributed by atoms with E-state index in [2.05, 4.69) is 11.6 Å². The van der Waals surface area contributed by atoms with Gasteiger partial charge < -0.3 is 0 Å². The van der Waals surface area contributed by atoms with E-state index >= 15 is 0 Å². The van der Waals surface area contributed by atoms with Crippen molar-refractivity contribution >= 4 is 10.2 Å². The van der Waals surface area contributed by atoms with Crippen LogP contribution in [0.2, 0.25) is 0 Å². The van der Waals surface area contributed by atoms with Crippen LogP contribution >= 0.6 is 0 Å². The molecule has 0 aliphatic carbocycles. The number of rotatable bonds is 7. The molecule has 0 aliphatic heterocycles. The van der Waals surface area contributed by atoms with Crippen molar-refractivity contribution in [3.8, 4) is 0 Å². The molecule has 0 saturated carbocycles. The van der Waals surface area contributed by atoms with Crippen LogP contribution in [-0.2, 0) is 10.2 Å². The summed E-state index contributed by atoms with van der Waals surface area (Å²) in [5.74, 6) is 0. The Morgan fingerprint density at radius 1 is 1.17 bits per heavy atom. The molecule has 0 aromatic carbocycles. The lowest BCUT2D eigenvalue weighted by molar-refractivity contribution is 0.572. The molecule has 0 fully saturated rings. The molecule has 74 valence electrons. The first-order chi connectivity index (χ1) is 5.56. The minimum atomic E-state index is -3.47. The first-order valence-electron chi connectivity index (χ1n) is 4.33. The fraction of sp³-hybridized carbons (Fsp3) is 1.00. The predicted octanol–water partition coefficient (Wildman–Crippen LogP) is 0.750. The molecule has 0 atom stereocenters. The second-order valence-electron chi connectivity index (χ2n) is 2.85. The molecule has 0 radical (unpaired) electrons. The number of nitrogens with two attached hydrogens (primary N) is 1. The monoisotopic (exact) mass is 194 g/mol. The van der Waals surface area contributed by atoms with Crippen molar-refractivity contribution in [1.82, 2.24) is 4.72 Å². The zero-order valence-electron chi connectivity index (χ0n) is 7.54. The lowest BCUT2D eigenvalue weighted by Crippen LogP contribution is -2.31. The molecule has 0 amide bonds. The fourth-order valence-corrected chi connectivity index (χ4v) is 1.37. The summed E-state index contributed by atoms with van der Waals surface area (Å²) in [6.07, 6.45) is 5.52. The second kappa shape index (κ2) is 6.39. The summed E-state index contributed by atoms with van der Waals surface area (Å²) in [4.78, 5) is 0. The Morgan fingerprint density at radius 3 is 2.25 bits per heavy atom. The van der Waals surface area contributed by atoms with Gasteiger partial charge in [-0.15, -0.1) is 0 Å². The molecule has 4 nitrogen and oxygen atoms in total.